The second kappa shape index (κ2) is 8.99. The van der Waals surface area contributed by atoms with E-state index >= 15 is 0 Å². The Bertz CT molecular complexity index is 852. The van der Waals surface area contributed by atoms with Crippen LogP contribution in [0.4, 0.5) is 5.69 Å². The maximum Gasteiger partial charge on any atom is 0.178 e. The number of anilines is 1. The zero-order valence-corrected chi connectivity index (χ0v) is 17.4. The molecule has 1 heterocycles. The van der Waals surface area contributed by atoms with Crippen molar-refractivity contribution in [1.82, 2.24) is 4.90 Å². The molecule has 4 nitrogen and oxygen atoms in total. The van der Waals surface area contributed by atoms with E-state index in [1.54, 1.807) is 12.1 Å². The van der Waals surface area contributed by atoms with Gasteiger partial charge in [0.05, 0.1) is 28.2 Å². The number of ketones is 1. The van der Waals surface area contributed by atoms with E-state index in [0.717, 1.165) is 31.9 Å². The molecule has 2 aromatic carbocycles. The first-order valence-corrected chi connectivity index (χ1v) is 9.95. The molecule has 1 aliphatic rings. The number of aliphatic hydroxyl groups excluding tert-OH is 1. The normalized spacial score (nSPS) is 15.2. The van der Waals surface area contributed by atoms with E-state index in [0.29, 0.717) is 21.2 Å². The fourth-order valence-electron chi connectivity index (χ4n) is 3.05. The van der Waals surface area contributed by atoms with E-state index in [1.165, 1.54) is 0 Å². The van der Waals surface area contributed by atoms with Gasteiger partial charge in [-0.25, -0.2) is 0 Å². The summed E-state index contributed by atoms with van der Waals surface area (Å²) in [7, 11) is 0. The fraction of sp³-hybridized carbons (Fsp3) is 0.316. The molecule has 0 amide bonds. The first kappa shape index (κ1) is 20.7. The molecule has 1 aliphatic heterocycles. The number of nitrogens with zero attached hydrogens (tertiary/aromatic N) is 2. The van der Waals surface area contributed by atoms with Gasteiger partial charge in [0.25, 0.3) is 0 Å². The van der Waals surface area contributed by atoms with Gasteiger partial charge in [0.15, 0.2) is 5.78 Å². The lowest BCUT2D eigenvalue weighted by molar-refractivity contribution is 0.0926. The number of carbonyl (C=O) groups excluding carboxylic acids is 1. The lowest BCUT2D eigenvalue weighted by atomic mass is 10.1. The number of halogens is 4. The molecule has 0 bridgehead atoms. The largest absolute Gasteiger partial charge is 0.392 e. The Hall–Kier alpha value is -1.01. The molecule has 0 aliphatic carbocycles. The lowest BCUT2D eigenvalue weighted by Crippen LogP contribution is -2.48. The molecule has 1 fully saturated rings. The van der Waals surface area contributed by atoms with Gasteiger partial charge < -0.3 is 10.0 Å². The van der Waals surface area contributed by atoms with Gasteiger partial charge >= 0.3 is 0 Å². The van der Waals surface area contributed by atoms with Gasteiger partial charge in [-0.2, -0.15) is 0 Å². The van der Waals surface area contributed by atoms with Crippen molar-refractivity contribution >= 4 is 57.9 Å². The average molecular weight is 448 g/mol. The van der Waals surface area contributed by atoms with Crippen molar-refractivity contribution in [1.29, 1.82) is 0 Å². The Labute approximate surface area is 178 Å². The second-order valence-corrected chi connectivity index (χ2v) is 7.91. The Kier molecular flexibility index (Phi) is 6.90. The molecule has 0 saturated carbocycles. The van der Waals surface area contributed by atoms with Crippen LogP contribution in [0.2, 0.25) is 20.1 Å². The summed E-state index contributed by atoms with van der Waals surface area (Å²) in [6, 6.07) is 8.84. The zero-order valence-electron chi connectivity index (χ0n) is 14.4. The van der Waals surface area contributed by atoms with Crippen LogP contribution in [0.3, 0.4) is 0 Å². The highest BCUT2D eigenvalue weighted by Gasteiger charge is 2.22. The van der Waals surface area contributed by atoms with E-state index in [-0.39, 0.29) is 29.0 Å². The van der Waals surface area contributed by atoms with Crippen molar-refractivity contribution in [3.05, 3.63) is 61.5 Å². The molecule has 1 saturated heterocycles. The van der Waals surface area contributed by atoms with E-state index < -0.39 is 0 Å². The van der Waals surface area contributed by atoms with Gasteiger partial charge in [-0.3, -0.25) is 9.69 Å². The molecule has 27 heavy (non-hydrogen) atoms. The Balaban J connectivity index is 1.60. The number of piperazine rings is 1. The third-order valence-corrected chi connectivity index (χ3v) is 6.29. The van der Waals surface area contributed by atoms with Crippen LogP contribution in [0.1, 0.15) is 15.9 Å². The summed E-state index contributed by atoms with van der Waals surface area (Å²) in [6.45, 7) is 3.23. The maximum atomic E-state index is 12.6. The van der Waals surface area contributed by atoms with Gasteiger partial charge in [0, 0.05) is 42.5 Å². The standard InChI is InChI=1S/C19H18Cl4N2O2/c20-15-4-3-14(18(22)19(15)23)17(27)10-24-5-7-25(8-6-24)13-2-1-12(11-26)16(21)9-13/h1-4,9,26H,5-8,10-11H2. The van der Waals surface area contributed by atoms with Crippen molar-refractivity contribution in [2.24, 2.45) is 0 Å². The minimum Gasteiger partial charge on any atom is -0.392 e. The number of carbonyl (C=O) groups is 1. The topological polar surface area (TPSA) is 43.8 Å². The van der Waals surface area contributed by atoms with E-state index in [9.17, 15) is 9.90 Å². The molecule has 0 unspecified atom stereocenters. The third-order valence-electron chi connectivity index (χ3n) is 4.65. The van der Waals surface area contributed by atoms with Crippen LogP contribution >= 0.6 is 46.4 Å². The minimum atomic E-state index is -0.0811. The predicted octanol–water partition coefficient (Wildman–Crippen LogP) is 4.80. The summed E-state index contributed by atoms with van der Waals surface area (Å²) in [5.41, 5.74) is 2.11. The van der Waals surface area contributed by atoms with Gasteiger partial charge in [-0.15, -0.1) is 0 Å². The Morgan fingerprint density at radius 2 is 1.63 bits per heavy atom. The van der Waals surface area contributed by atoms with Crippen molar-refractivity contribution in [3.8, 4) is 0 Å². The highest BCUT2D eigenvalue weighted by molar-refractivity contribution is 6.49. The van der Waals surface area contributed by atoms with Gasteiger partial charge in [0.1, 0.15) is 0 Å². The predicted molar refractivity (Wildman–Crippen MR) is 112 cm³/mol. The maximum absolute atomic E-state index is 12.6. The number of hydrogen-bond donors (Lipinski definition) is 1. The Morgan fingerprint density at radius 1 is 0.926 bits per heavy atom. The molecule has 1 N–H and O–H groups in total. The summed E-state index contributed by atoms with van der Waals surface area (Å²) in [6.07, 6.45) is 0. The summed E-state index contributed by atoms with van der Waals surface area (Å²) in [5, 5.41) is 10.5. The molecule has 0 atom stereocenters. The highest BCUT2D eigenvalue weighted by Crippen LogP contribution is 2.33. The molecule has 0 aromatic heterocycles. The summed E-state index contributed by atoms with van der Waals surface area (Å²) in [4.78, 5) is 16.9. The van der Waals surface area contributed by atoms with Crippen LogP contribution in [0.5, 0.6) is 0 Å². The number of benzene rings is 2. The second-order valence-electron chi connectivity index (χ2n) is 6.34. The smallest absolute Gasteiger partial charge is 0.178 e. The van der Waals surface area contributed by atoms with Crippen LogP contribution in [0.15, 0.2) is 30.3 Å². The number of hydrogen-bond acceptors (Lipinski definition) is 4. The van der Waals surface area contributed by atoms with E-state index in [2.05, 4.69) is 9.80 Å². The van der Waals surface area contributed by atoms with E-state index in [1.807, 2.05) is 18.2 Å². The fourth-order valence-corrected chi connectivity index (χ4v) is 3.93. The summed E-state index contributed by atoms with van der Waals surface area (Å²) < 4.78 is 0. The molecule has 8 heteroatoms. The molecular weight excluding hydrogens is 430 g/mol. The van der Waals surface area contributed by atoms with Crippen LogP contribution in [0, 0.1) is 0 Å². The average Bonchev–Trinajstić information content (AvgIpc) is 2.66. The molecule has 3 rings (SSSR count). The highest BCUT2D eigenvalue weighted by atomic mass is 35.5. The van der Waals surface area contributed by atoms with Crippen molar-refractivity contribution < 1.29 is 9.90 Å². The van der Waals surface area contributed by atoms with Gasteiger partial charge in [-0.05, 0) is 29.8 Å². The van der Waals surface area contributed by atoms with Crippen LogP contribution in [-0.2, 0) is 6.61 Å². The molecule has 144 valence electrons. The van der Waals surface area contributed by atoms with Gasteiger partial charge in [-0.1, -0.05) is 52.5 Å². The third kappa shape index (κ3) is 4.70. The molecule has 0 spiro atoms. The first-order chi connectivity index (χ1) is 12.9. The number of aliphatic hydroxyl groups is 1. The quantitative estimate of drug-likeness (QED) is 0.528. The van der Waals surface area contributed by atoms with Crippen LogP contribution < -0.4 is 4.90 Å². The summed E-state index contributed by atoms with van der Waals surface area (Å²) in [5.74, 6) is -0.0811. The molecular formula is C19H18Cl4N2O2. The monoisotopic (exact) mass is 446 g/mol. The zero-order chi connectivity index (χ0) is 19.6. The SMILES string of the molecule is O=C(CN1CCN(c2ccc(CO)c(Cl)c2)CC1)c1ccc(Cl)c(Cl)c1Cl. The summed E-state index contributed by atoms with van der Waals surface area (Å²) >= 11 is 24.3. The number of rotatable bonds is 5. The lowest BCUT2D eigenvalue weighted by Gasteiger charge is -2.36. The van der Waals surface area contributed by atoms with Crippen molar-refractivity contribution in [2.45, 2.75) is 6.61 Å². The van der Waals surface area contributed by atoms with E-state index in [4.69, 9.17) is 46.4 Å². The van der Waals surface area contributed by atoms with Crippen LogP contribution in [-0.4, -0.2) is 48.5 Å². The minimum absolute atomic E-state index is 0.0771. The van der Waals surface area contributed by atoms with Crippen LogP contribution in [0.25, 0.3) is 0 Å². The first-order valence-electron chi connectivity index (χ1n) is 8.44. The van der Waals surface area contributed by atoms with Crippen molar-refractivity contribution in [2.75, 3.05) is 37.6 Å². The molecule has 2 aromatic rings. The van der Waals surface area contributed by atoms with Crippen molar-refractivity contribution in [3.63, 3.8) is 0 Å². The molecule has 0 radical (unpaired) electrons. The Morgan fingerprint density at radius 3 is 2.26 bits per heavy atom. The number of Topliss-reactive ketones (excluding diaryl/α,β-unsaturated/α-hetero) is 1. The van der Waals surface area contributed by atoms with Gasteiger partial charge in [0.2, 0.25) is 0 Å².